The van der Waals surface area contributed by atoms with E-state index in [0.29, 0.717) is 18.8 Å². The number of amides is 1. The number of carbonyl (C=O) groups is 2. The van der Waals surface area contributed by atoms with E-state index in [-0.39, 0.29) is 18.9 Å². The lowest BCUT2D eigenvalue weighted by atomic mass is 10.1. The molecule has 0 aromatic heterocycles. The van der Waals surface area contributed by atoms with Gasteiger partial charge in [0.05, 0.1) is 6.42 Å². The Morgan fingerprint density at radius 2 is 1.95 bits per heavy atom. The molecule has 1 aromatic rings. The second-order valence-corrected chi connectivity index (χ2v) is 4.28. The van der Waals surface area contributed by atoms with Gasteiger partial charge in [-0.2, -0.15) is 0 Å². The van der Waals surface area contributed by atoms with Gasteiger partial charge in [-0.15, -0.1) is 0 Å². The Morgan fingerprint density at radius 1 is 1.25 bits per heavy atom. The van der Waals surface area contributed by atoms with E-state index in [9.17, 15) is 9.59 Å². The van der Waals surface area contributed by atoms with Gasteiger partial charge in [-0.05, 0) is 24.1 Å². The van der Waals surface area contributed by atoms with Gasteiger partial charge in [0.25, 0.3) is 5.91 Å². The van der Waals surface area contributed by atoms with Crippen molar-refractivity contribution in [2.45, 2.75) is 12.8 Å². The number of carbonyl (C=O) groups excluding carboxylic acids is 2. The fourth-order valence-corrected chi connectivity index (χ4v) is 1.49. The van der Waals surface area contributed by atoms with Crippen LogP contribution in [0.5, 0.6) is 0 Å². The summed E-state index contributed by atoms with van der Waals surface area (Å²) in [6.07, 6.45) is 0.846. The van der Waals surface area contributed by atoms with Crippen molar-refractivity contribution in [3.63, 3.8) is 0 Å². The summed E-state index contributed by atoms with van der Waals surface area (Å²) in [4.78, 5) is 22.9. The van der Waals surface area contributed by atoms with Crippen molar-refractivity contribution in [2.24, 2.45) is 0 Å². The largest absolute Gasteiger partial charge is 0.455 e. The van der Waals surface area contributed by atoms with Gasteiger partial charge in [-0.1, -0.05) is 12.1 Å². The fourth-order valence-electron chi connectivity index (χ4n) is 1.49. The lowest BCUT2D eigenvalue weighted by Gasteiger charge is -2.06. The monoisotopic (exact) mass is 280 g/mol. The van der Waals surface area contributed by atoms with Gasteiger partial charge in [0, 0.05) is 25.9 Å². The SMILES string of the molecule is COCCCNC(=O)COC(=O)Cc1ccc(N)cc1. The van der Waals surface area contributed by atoms with E-state index in [2.05, 4.69) is 5.32 Å². The maximum atomic E-state index is 11.5. The Balaban J connectivity index is 2.19. The number of esters is 1. The molecule has 6 heteroatoms. The molecule has 1 rings (SSSR count). The van der Waals surface area contributed by atoms with Gasteiger partial charge in [0.2, 0.25) is 0 Å². The number of nitrogens with one attached hydrogen (secondary N) is 1. The highest BCUT2D eigenvalue weighted by Gasteiger charge is 2.08. The molecule has 0 heterocycles. The maximum Gasteiger partial charge on any atom is 0.310 e. The molecule has 20 heavy (non-hydrogen) atoms. The van der Waals surface area contributed by atoms with Crippen LogP contribution >= 0.6 is 0 Å². The normalized spacial score (nSPS) is 10.1. The number of benzene rings is 1. The number of methoxy groups -OCH3 is 1. The van der Waals surface area contributed by atoms with Crippen LogP contribution in [0.3, 0.4) is 0 Å². The van der Waals surface area contributed by atoms with Crippen LogP contribution in [0.15, 0.2) is 24.3 Å². The number of nitrogen functional groups attached to an aromatic ring is 1. The minimum atomic E-state index is -0.443. The van der Waals surface area contributed by atoms with E-state index in [1.165, 1.54) is 0 Å². The van der Waals surface area contributed by atoms with Crippen LogP contribution in [0, 0.1) is 0 Å². The standard InChI is InChI=1S/C14H20N2O4/c1-19-8-2-7-16-13(17)10-20-14(18)9-11-3-5-12(15)6-4-11/h3-6H,2,7-10,15H2,1H3,(H,16,17). The first-order valence-electron chi connectivity index (χ1n) is 6.37. The summed E-state index contributed by atoms with van der Waals surface area (Å²) >= 11 is 0. The van der Waals surface area contributed by atoms with Gasteiger partial charge in [0.15, 0.2) is 6.61 Å². The molecule has 0 spiro atoms. The van der Waals surface area contributed by atoms with Crippen molar-refractivity contribution < 1.29 is 19.1 Å². The van der Waals surface area contributed by atoms with E-state index >= 15 is 0 Å². The summed E-state index contributed by atoms with van der Waals surface area (Å²) in [6.45, 7) is 0.820. The van der Waals surface area contributed by atoms with Gasteiger partial charge < -0.3 is 20.5 Å². The Hall–Kier alpha value is -2.08. The third-order valence-corrected chi connectivity index (χ3v) is 2.54. The summed E-state index contributed by atoms with van der Waals surface area (Å²) in [5.74, 6) is -0.756. The van der Waals surface area contributed by atoms with E-state index < -0.39 is 5.97 Å². The lowest BCUT2D eigenvalue weighted by Crippen LogP contribution is -2.30. The Bertz CT molecular complexity index is 431. The predicted octanol–water partition coefficient (Wildman–Crippen LogP) is 0.507. The molecule has 0 bridgehead atoms. The number of hydrogen-bond donors (Lipinski definition) is 2. The average molecular weight is 280 g/mol. The molecule has 1 aromatic carbocycles. The van der Waals surface area contributed by atoms with Crippen molar-refractivity contribution in [1.29, 1.82) is 0 Å². The van der Waals surface area contributed by atoms with E-state index in [4.69, 9.17) is 15.2 Å². The summed E-state index contributed by atoms with van der Waals surface area (Å²) < 4.78 is 9.73. The first-order chi connectivity index (χ1) is 9.61. The third-order valence-electron chi connectivity index (χ3n) is 2.54. The van der Waals surface area contributed by atoms with E-state index in [1.54, 1.807) is 31.4 Å². The summed E-state index contributed by atoms with van der Waals surface area (Å²) in [5, 5.41) is 2.63. The van der Waals surface area contributed by atoms with Crippen molar-refractivity contribution in [2.75, 3.05) is 32.6 Å². The number of anilines is 1. The number of hydrogen-bond acceptors (Lipinski definition) is 5. The van der Waals surface area contributed by atoms with Crippen LogP contribution in [0.25, 0.3) is 0 Å². The van der Waals surface area contributed by atoms with Crippen molar-refractivity contribution in [3.05, 3.63) is 29.8 Å². The highest BCUT2D eigenvalue weighted by Crippen LogP contribution is 2.06. The second-order valence-electron chi connectivity index (χ2n) is 4.28. The highest BCUT2D eigenvalue weighted by atomic mass is 16.5. The molecular weight excluding hydrogens is 260 g/mol. The van der Waals surface area contributed by atoms with Crippen LogP contribution in [-0.2, 0) is 25.5 Å². The van der Waals surface area contributed by atoms with Crippen LogP contribution in [0.1, 0.15) is 12.0 Å². The Labute approximate surface area is 118 Å². The van der Waals surface area contributed by atoms with Crippen LogP contribution in [0.2, 0.25) is 0 Å². The minimum Gasteiger partial charge on any atom is -0.455 e. The summed E-state index contributed by atoms with van der Waals surface area (Å²) in [7, 11) is 1.60. The quantitative estimate of drug-likeness (QED) is 0.411. The van der Waals surface area contributed by atoms with Crippen molar-refractivity contribution in [3.8, 4) is 0 Å². The number of nitrogens with two attached hydrogens (primary N) is 1. The summed E-state index contributed by atoms with van der Waals surface area (Å²) in [5.41, 5.74) is 6.98. The molecule has 0 saturated carbocycles. The molecule has 1 amide bonds. The van der Waals surface area contributed by atoms with Gasteiger partial charge >= 0.3 is 5.97 Å². The molecule has 0 saturated heterocycles. The molecule has 0 unspecified atom stereocenters. The smallest absolute Gasteiger partial charge is 0.310 e. The van der Waals surface area contributed by atoms with Crippen LogP contribution in [0.4, 0.5) is 5.69 Å². The van der Waals surface area contributed by atoms with Crippen molar-refractivity contribution >= 4 is 17.6 Å². The predicted molar refractivity (Wildman–Crippen MR) is 75.0 cm³/mol. The topological polar surface area (TPSA) is 90.6 Å². The zero-order valence-electron chi connectivity index (χ0n) is 11.6. The first-order valence-corrected chi connectivity index (χ1v) is 6.37. The zero-order valence-corrected chi connectivity index (χ0v) is 11.6. The van der Waals surface area contributed by atoms with Crippen LogP contribution in [-0.4, -0.2) is 38.7 Å². The Morgan fingerprint density at radius 3 is 2.60 bits per heavy atom. The molecule has 0 atom stereocenters. The van der Waals surface area contributed by atoms with Gasteiger partial charge in [0.1, 0.15) is 0 Å². The van der Waals surface area contributed by atoms with Crippen molar-refractivity contribution in [1.82, 2.24) is 5.32 Å². The third kappa shape index (κ3) is 6.75. The number of ether oxygens (including phenoxy) is 2. The average Bonchev–Trinajstić information content (AvgIpc) is 2.44. The molecule has 0 aliphatic rings. The first kappa shape index (κ1) is 16.0. The molecule has 0 aliphatic carbocycles. The minimum absolute atomic E-state index is 0.122. The number of rotatable bonds is 8. The molecular formula is C14H20N2O4. The lowest BCUT2D eigenvalue weighted by molar-refractivity contribution is -0.147. The van der Waals surface area contributed by atoms with Gasteiger partial charge in [-0.3, -0.25) is 9.59 Å². The molecule has 0 radical (unpaired) electrons. The molecule has 0 aliphatic heterocycles. The van der Waals surface area contributed by atoms with E-state index in [0.717, 1.165) is 12.0 Å². The van der Waals surface area contributed by atoms with E-state index in [1.807, 2.05) is 0 Å². The fraction of sp³-hybridized carbons (Fsp3) is 0.429. The molecule has 0 fully saturated rings. The molecule has 6 nitrogen and oxygen atoms in total. The maximum absolute atomic E-state index is 11.5. The second kappa shape index (κ2) is 8.92. The Kier molecular flexibility index (Phi) is 7.13. The summed E-state index contributed by atoms with van der Waals surface area (Å²) in [6, 6.07) is 6.93. The molecule has 3 N–H and O–H groups in total. The van der Waals surface area contributed by atoms with Crippen LogP contribution < -0.4 is 11.1 Å². The molecule has 110 valence electrons. The zero-order chi connectivity index (χ0) is 14.8. The van der Waals surface area contributed by atoms with Gasteiger partial charge in [-0.25, -0.2) is 0 Å². The highest BCUT2D eigenvalue weighted by molar-refractivity contribution is 5.81.